The number of hydrogen-bond donors (Lipinski definition) is 0. The Morgan fingerprint density at radius 3 is 2.15 bits per heavy atom. The van der Waals surface area contributed by atoms with Crippen LogP contribution in [0.1, 0.15) is 37.2 Å². The lowest BCUT2D eigenvalue weighted by molar-refractivity contribution is 0.374. The van der Waals surface area contributed by atoms with E-state index < -0.39 is 0 Å². The molecule has 1 aliphatic rings. The molecule has 13 heavy (non-hydrogen) atoms. The molecule has 0 heteroatoms. The highest BCUT2D eigenvalue weighted by molar-refractivity contribution is 5.19. The summed E-state index contributed by atoms with van der Waals surface area (Å²) < 4.78 is 0. The first-order valence-corrected chi connectivity index (χ1v) is 5.24. The zero-order valence-corrected chi connectivity index (χ0v) is 8.08. The van der Waals surface area contributed by atoms with Crippen LogP contribution in [-0.4, -0.2) is 0 Å². The van der Waals surface area contributed by atoms with Crippen LogP contribution in [0.3, 0.4) is 0 Å². The van der Waals surface area contributed by atoms with Crippen LogP contribution in [0.4, 0.5) is 0 Å². The van der Waals surface area contributed by atoms with E-state index in [0.717, 1.165) is 5.92 Å². The summed E-state index contributed by atoms with van der Waals surface area (Å²) in [5.74, 6) is 1.51. The summed E-state index contributed by atoms with van der Waals surface area (Å²) in [7, 11) is 0. The van der Waals surface area contributed by atoms with E-state index in [-0.39, 0.29) is 0 Å². The van der Waals surface area contributed by atoms with E-state index in [9.17, 15) is 0 Å². The molecule has 1 aromatic rings. The van der Waals surface area contributed by atoms with E-state index in [1.807, 2.05) is 0 Å². The monoisotopic (exact) mass is 173 g/mol. The molecular weight excluding hydrogens is 156 g/mol. The molecule has 0 atom stereocenters. The molecule has 0 aliphatic heterocycles. The minimum atomic E-state index is 0.708. The number of benzene rings is 1. The van der Waals surface area contributed by atoms with Crippen LogP contribution in [0.5, 0.6) is 0 Å². The molecule has 69 valence electrons. The summed E-state index contributed by atoms with van der Waals surface area (Å²) in [6, 6.07) is 10.9. The fourth-order valence-electron chi connectivity index (χ4n) is 2.22. The second kappa shape index (κ2) is 3.95. The maximum Gasteiger partial charge on any atom is -0.0162 e. The van der Waals surface area contributed by atoms with Crippen molar-refractivity contribution in [2.24, 2.45) is 5.92 Å². The van der Waals surface area contributed by atoms with E-state index in [1.54, 1.807) is 0 Å². The molecule has 0 heterocycles. The van der Waals surface area contributed by atoms with Gasteiger partial charge in [-0.15, -0.1) is 0 Å². The predicted octanol–water partition coefficient (Wildman–Crippen LogP) is 3.79. The summed E-state index contributed by atoms with van der Waals surface area (Å²) in [5.41, 5.74) is 1.52. The molecule has 0 amide bonds. The normalized spacial score (nSPS) is 28.7. The van der Waals surface area contributed by atoms with Gasteiger partial charge >= 0.3 is 0 Å². The summed E-state index contributed by atoms with van der Waals surface area (Å²) >= 11 is 0. The van der Waals surface area contributed by atoms with Gasteiger partial charge in [0.15, 0.2) is 0 Å². The highest BCUT2D eigenvalue weighted by Gasteiger charge is 2.18. The Kier molecular flexibility index (Phi) is 2.68. The van der Waals surface area contributed by atoms with Gasteiger partial charge in [0, 0.05) is 0 Å². The van der Waals surface area contributed by atoms with Crippen LogP contribution in [0.2, 0.25) is 0 Å². The first-order chi connectivity index (χ1) is 6.36. The molecule has 1 radical (unpaired) electrons. The third-order valence-corrected chi connectivity index (χ3v) is 3.12. The van der Waals surface area contributed by atoms with Gasteiger partial charge in [-0.05, 0) is 43.1 Å². The number of hydrogen-bond acceptors (Lipinski definition) is 0. The van der Waals surface area contributed by atoms with Gasteiger partial charge in [0.05, 0.1) is 0 Å². The molecule has 0 bridgehead atoms. The van der Waals surface area contributed by atoms with Crippen molar-refractivity contribution < 1.29 is 0 Å². The molecule has 1 fully saturated rings. The van der Waals surface area contributed by atoms with Crippen LogP contribution in [-0.2, 0) is 0 Å². The molecule has 0 aromatic heterocycles. The van der Waals surface area contributed by atoms with E-state index in [1.165, 1.54) is 31.2 Å². The second-order valence-electron chi connectivity index (χ2n) is 4.13. The largest absolute Gasteiger partial charge is 0.0622 e. The van der Waals surface area contributed by atoms with Crippen molar-refractivity contribution in [3.05, 3.63) is 42.8 Å². The fourth-order valence-corrected chi connectivity index (χ4v) is 2.22. The Balaban J connectivity index is 2.03. The quantitative estimate of drug-likeness (QED) is 0.606. The van der Waals surface area contributed by atoms with Crippen molar-refractivity contribution in [3.8, 4) is 0 Å². The van der Waals surface area contributed by atoms with Gasteiger partial charge < -0.3 is 0 Å². The third kappa shape index (κ3) is 2.12. The van der Waals surface area contributed by atoms with Gasteiger partial charge in [0.2, 0.25) is 0 Å². The predicted molar refractivity (Wildman–Crippen MR) is 56.5 cm³/mol. The van der Waals surface area contributed by atoms with Gasteiger partial charge in [0.25, 0.3) is 0 Å². The average molecular weight is 173 g/mol. The molecule has 2 rings (SSSR count). The van der Waals surface area contributed by atoms with Crippen LogP contribution in [0.25, 0.3) is 0 Å². The van der Waals surface area contributed by atoms with Crippen LogP contribution in [0, 0.1) is 12.8 Å². The number of rotatable bonds is 1. The Bertz CT molecular complexity index is 242. The van der Waals surface area contributed by atoms with E-state index in [2.05, 4.69) is 37.3 Å². The van der Waals surface area contributed by atoms with Crippen LogP contribution < -0.4 is 0 Å². The van der Waals surface area contributed by atoms with Gasteiger partial charge in [-0.1, -0.05) is 37.3 Å². The van der Waals surface area contributed by atoms with Crippen molar-refractivity contribution in [3.63, 3.8) is 0 Å². The van der Waals surface area contributed by atoms with Crippen molar-refractivity contribution in [2.45, 2.75) is 31.6 Å². The van der Waals surface area contributed by atoms with Gasteiger partial charge in [-0.2, -0.15) is 0 Å². The summed E-state index contributed by atoms with van der Waals surface area (Å²) in [4.78, 5) is 0. The highest BCUT2D eigenvalue weighted by atomic mass is 14.2. The first-order valence-electron chi connectivity index (χ1n) is 5.24. The minimum absolute atomic E-state index is 0.708. The Hall–Kier alpha value is -0.780. The molecule has 1 aliphatic carbocycles. The Morgan fingerprint density at radius 2 is 1.54 bits per heavy atom. The summed E-state index contributed by atoms with van der Waals surface area (Å²) in [6.07, 6.45) is 5.27. The lowest BCUT2D eigenvalue weighted by atomic mass is 9.79. The topological polar surface area (TPSA) is 0 Å². The maximum absolute atomic E-state index is 4.13. The smallest absolute Gasteiger partial charge is 0.0162 e. The lowest BCUT2D eigenvalue weighted by Gasteiger charge is -2.26. The third-order valence-electron chi connectivity index (χ3n) is 3.12. The van der Waals surface area contributed by atoms with Gasteiger partial charge in [0.1, 0.15) is 0 Å². The van der Waals surface area contributed by atoms with Crippen molar-refractivity contribution in [1.29, 1.82) is 0 Å². The van der Waals surface area contributed by atoms with Gasteiger partial charge in [-0.3, -0.25) is 0 Å². The van der Waals surface area contributed by atoms with E-state index >= 15 is 0 Å². The average Bonchev–Trinajstić information content (AvgIpc) is 2.20. The first kappa shape index (κ1) is 8.80. The van der Waals surface area contributed by atoms with Gasteiger partial charge in [-0.25, -0.2) is 0 Å². The highest BCUT2D eigenvalue weighted by Crippen LogP contribution is 2.34. The lowest BCUT2D eigenvalue weighted by Crippen LogP contribution is -2.10. The Morgan fingerprint density at radius 1 is 0.923 bits per heavy atom. The molecule has 0 N–H and O–H groups in total. The van der Waals surface area contributed by atoms with E-state index in [4.69, 9.17) is 0 Å². The zero-order valence-electron chi connectivity index (χ0n) is 8.08. The molecule has 0 spiro atoms. The second-order valence-corrected chi connectivity index (χ2v) is 4.13. The van der Waals surface area contributed by atoms with Crippen molar-refractivity contribution in [1.82, 2.24) is 0 Å². The van der Waals surface area contributed by atoms with E-state index in [0.29, 0.717) is 5.92 Å². The summed E-state index contributed by atoms with van der Waals surface area (Å²) in [5, 5.41) is 0. The van der Waals surface area contributed by atoms with Crippen LogP contribution in [0.15, 0.2) is 30.3 Å². The standard InChI is InChI=1S/C13H17/c1-11-7-9-13(10-8-11)12-5-3-2-4-6-12/h2-6,11,13H,1,7-10H2. The van der Waals surface area contributed by atoms with Crippen molar-refractivity contribution in [2.75, 3.05) is 0 Å². The molecule has 1 aromatic carbocycles. The van der Waals surface area contributed by atoms with Crippen LogP contribution >= 0.6 is 0 Å². The molecule has 0 saturated heterocycles. The molecule has 0 unspecified atom stereocenters. The molecule has 1 saturated carbocycles. The Labute approximate surface area is 81.0 Å². The SMILES string of the molecule is [CH2]C1CCC(c2ccccc2)CC1. The molecular formula is C13H17. The summed E-state index contributed by atoms with van der Waals surface area (Å²) in [6.45, 7) is 4.13. The zero-order chi connectivity index (χ0) is 9.10. The minimum Gasteiger partial charge on any atom is -0.0622 e. The fraction of sp³-hybridized carbons (Fsp3) is 0.462. The molecule has 0 nitrogen and oxygen atoms in total. The maximum atomic E-state index is 4.13. The van der Waals surface area contributed by atoms with Crippen molar-refractivity contribution >= 4 is 0 Å².